The molecule has 0 unspecified atom stereocenters. The number of carbonyl (C=O) groups excluding carboxylic acids is 1. The number of carboxylic acids is 1. The molecule has 8 heteroatoms. The average molecular weight is 429 g/mol. The van der Waals surface area contributed by atoms with E-state index in [0.717, 1.165) is 40.8 Å². The number of thioether (sulfide) groups is 1. The third-order valence-electron chi connectivity index (χ3n) is 5.79. The van der Waals surface area contributed by atoms with Crippen LogP contribution in [0, 0.1) is 5.92 Å². The Kier molecular flexibility index (Phi) is 5.85. The number of ether oxygens (including phenoxy) is 1. The van der Waals surface area contributed by atoms with Gasteiger partial charge in [0.1, 0.15) is 5.75 Å². The number of pyridine rings is 1. The molecule has 7 nitrogen and oxygen atoms in total. The maximum atomic E-state index is 12.6. The van der Waals surface area contributed by atoms with Gasteiger partial charge >= 0.3 is 5.97 Å². The van der Waals surface area contributed by atoms with Crippen molar-refractivity contribution in [1.82, 2.24) is 9.47 Å². The van der Waals surface area contributed by atoms with Gasteiger partial charge in [-0.05, 0) is 36.1 Å². The summed E-state index contributed by atoms with van der Waals surface area (Å²) >= 11 is 1.12. The van der Waals surface area contributed by atoms with E-state index in [4.69, 9.17) is 9.84 Å². The molecule has 1 aromatic carbocycles. The molecule has 158 valence electrons. The van der Waals surface area contributed by atoms with Gasteiger partial charge in [0.05, 0.1) is 18.6 Å². The predicted octanol–water partition coefficient (Wildman–Crippen LogP) is 2.29. The second-order valence-corrected chi connectivity index (χ2v) is 8.78. The fourth-order valence-corrected chi connectivity index (χ4v) is 5.18. The zero-order valence-electron chi connectivity index (χ0n) is 16.7. The van der Waals surface area contributed by atoms with Crippen molar-refractivity contribution in [2.75, 3.05) is 31.7 Å². The number of carbonyl (C=O) groups is 2. The van der Waals surface area contributed by atoms with Crippen LogP contribution in [0.25, 0.3) is 11.1 Å². The van der Waals surface area contributed by atoms with Gasteiger partial charge in [0, 0.05) is 42.9 Å². The Morgan fingerprint density at radius 1 is 1.10 bits per heavy atom. The SMILES string of the molecule is COc1ccc(-c2ccc(=O)n3c2[C@@H]2C[C@@H](CN(C(=O)CSCC(=O)O)C2)C3)cc1. The molecule has 0 aliphatic carbocycles. The standard InChI is InChI=1S/C22H24N2O5S/c1-29-17-4-2-15(3-5-17)18-6-7-19(25)24-10-14-8-16(22(18)24)11-23(9-14)20(26)12-30-13-21(27)28/h2-7,14,16H,8-13H2,1H3,(H,27,28)/t14-,16+/m0/s1. The smallest absolute Gasteiger partial charge is 0.313 e. The Labute approximate surface area is 178 Å². The first-order chi connectivity index (χ1) is 14.5. The van der Waals surface area contributed by atoms with Crippen LogP contribution in [-0.2, 0) is 16.1 Å². The van der Waals surface area contributed by atoms with Crippen LogP contribution in [0.1, 0.15) is 18.0 Å². The normalized spacial score (nSPS) is 19.8. The molecule has 1 saturated heterocycles. The highest BCUT2D eigenvalue weighted by atomic mass is 32.2. The van der Waals surface area contributed by atoms with Crippen LogP contribution < -0.4 is 10.3 Å². The predicted molar refractivity (Wildman–Crippen MR) is 115 cm³/mol. The Hall–Kier alpha value is -2.74. The Morgan fingerprint density at radius 3 is 2.57 bits per heavy atom. The van der Waals surface area contributed by atoms with Crippen molar-refractivity contribution in [2.24, 2.45) is 5.92 Å². The van der Waals surface area contributed by atoms with Gasteiger partial charge in [-0.25, -0.2) is 0 Å². The number of hydrogen-bond donors (Lipinski definition) is 1. The third kappa shape index (κ3) is 4.09. The van der Waals surface area contributed by atoms with E-state index in [1.54, 1.807) is 13.2 Å². The lowest BCUT2D eigenvalue weighted by Crippen LogP contribution is -2.49. The molecular formula is C22H24N2O5S. The number of benzene rings is 1. The second kappa shape index (κ2) is 8.55. The highest BCUT2D eigenvalue weighted by molar-refractivity contribution is 8.00. The summed E-state index contributed by atoms with van der Waals surface area (Å²) in [5, 5.41) is 8.79. The quantitative estimate of drug-likeness (QED) is 0.760. The first-order valence-electron chi connectivity index (χ1n) is 9.91. The highest BCUT2D eigenvalue weighted by Gasteiger charge is 2.37. The molecule has 2 bridgehead atoms. The van der Waals surface area contributed by atoms with Crippen molar-refractivity contribution in [3.05, 3.63) is 52.4 Å². The monoisotopic (exact) mass is 428 g/mol. The van der Waals surface area contributed by atoms with E-state index < -0.39 is 5.97 Å². The molecule has 0 saturated carbocycles. The molecule has 2 atom stereocenters. The highest BCUT2D eigenvalue weighted by Crippen LogP contribution is 2.40. The lowest BCUT2D eigenvalue weighted by atomic mass is 9.80. The fourth-order valence-electron chi connectivity index (χ4n) is 4.55. The molecule has 1 fully saturated rings. The molecule has 0 radical (unpaired) electrons. The topological polar surface area (TPSA) is 88.8 Å². The minimum Gasteiger partial charge on any atom is -0.497 e. The van der Waals surface area contributed by atoms with Crippen LogP contribution in [0.2, 0.25) is 0 Å². The summed E-state index contributed by atoms with van der Waals surface area (Å²) in [6.45, 7) is 1.76. The van der Waals surface area contributed by atoms with Gasteiger partial charge in [-0.1, -0.05) is 12.1 Å². The van der Waals surface area contributed by atoms with Crippen LogP contribution in [0.15, 0.2) is 41.2 Å². The van der Waals surface area contributed by atoms with Gasteiger partial charge in [0.25, 0.3) is 5.56 Å². The van der Waals surface area contributed by atoms with Crippen molar-refractivity contribution < 1.29 is 19.4 Å². The van der Waals surface area contributed by atoms with Gasteiger partial charge in [-0.15, -0.1) is 11.8 Å². The van der Waals surface area contributed by atoms with Crippen LogP contribution in [0.4, 0.5) is 0 Å². The zero-order valence-corrected chi connectivity index (χ0v) is 17.6. The molecule has 2 aliphatic heterocycles. The number of carboxylic acid groups (broad SMARTS) is 1. The number of aliphatic carboxylic acids is 1. The summed E-state index contributed by atoms with van der Waals surface area (Å²) in [7, 11) is 1.63. The molecule has 4 rings (SSSR count). The van der Waals surface area contributed by atoms with Crippen LogP contribution in [-0.4, -0.2) is 58.2 Å². The molecule has 30 heavy (non-hydrogen) atoms. The van der Waals surface area contributed by atoms with Gasteiger partial charge in [0.2, 0.25) is 5.91 Å². The summed E-state index contributed by atoms with van der Waals surface area (Å²) in [5.74, 6) is 0.222. The Balaban J connectivity index is 1.62. The lowest BCUT2D eigenvalue weighted by Gasteiger charge is -2.43. The molecule has 3 heterocycles. The molecule has 1 amide bonds. The molecule has 2 aromatic rings. The average Bonchev–Trinajstić information content (AvgIpc) is 2.74. The lowest BCUT2D eigenvalue weighted by molar-refractivity contribution is -0.133. The number of nitrogens with zero attached hydrogens (tertiary/aromatic N) is 2. The minimum atomic E-state index is -0.916. The fraction of sp³-hybridized carbons (Fsp3) is 0.409. The van der Waals surface area contributed by atoms with E-state index in [2.05, 4.69) is 0 Å². The van der Waals surface area contributed by atoms with Crippen molar-refractivity contribution in [3.63, 3.8) is 0 Å². The second-order valence-electron chi connectivity index (χ2n) is 7.79. The maximum Gasteiger partial charge on any atom is 0.313 e. The third-order valence-corrected chi connectivity index (χ3v) is 6.70. The van der Waals surface area contributed by atoms with Crippen molar-refractivity contribution in [1.29, 1.82) is 0 Å². The number of rotatable bonds is 6. The zero-order chi connectivity index (χ0) is 21.3. The van der Waals surface area contributed by atoms with Gasteiger partial charge in [0.15, 0.2) is 0 Å². The summed E-state index contributed by atoms with van der Waals surface area (Å²) in [4.78, 5) is 37.8. The first kappa shape index (κ1) is 20.5. The number of methoxy groups -OCH3 is 1. The number of hydrogen-bond acceptors (Lipinski definition) is 5. The van der Waals surface area contributed by atoms with E-state index in [9.17, 15) is 14.4 Å². The summed E-state index contributed by atoms with van der Waals surface area (Å²) < 4.78 is 7.13. The summed E-state index contributed by atoms with van der Waals surface area (Å²) in [6.07, 6.45) is 0.943. The van der Waals surface area contributed by atoms with Gasteiger partial charge in [-0.3, -0.25) is 14.4 Å². The molecule has 1 aromatic heterocycles. The molecule has 2 aliphatic rings. The number of amides is 1. The van der Waals surface area contributed by atoms with E-state index >= 15 is 0 Å². The van der Waals surface area contributed by atoms with Crippen LogP contribution in [0.3, 0.4) is 0 Å². The van der Waals surface area contributed by atoms with Crippen molar-refractivity contribution in [2.45, 2.75) is 18.9 Å². The van der Waals surface area contributed by atoms with E-state index in [-0.39, 0.29) is 34.8 Å². The number of piperidine rings is 1. The largest absolute Gasteiger partial charge is 0.497 e. The van der Waals surface area contributed by atoms with Gasteiger partial charge < -0.3 is 19.3 Å². The van der Waals surface area contributed by atoms with Crippen LogP contribution >= 0.6 is 11.8 Å². The Bertz CT molecular complexity index is 1020. The number of aromatic nitrogens is 1. The minimum absolute atomic E-state index is 0.00579. The van der Waals surface area contributed by atoms with Crippen LogP contribution in [0.5, 0.6) is 5.75 Å². The molecule has 1 N–H and O–H groups in total. The van der Waals surface area contributed by atoms with Crippen molar-refractivity contribution >= 4 is 23.6 Å². The van der Waals surface area contributed by atoms with E-state index in [1.165, 1.54) is 0 Å². The maximum absolute atomic E-state index is 12.6. The summed E-state index contributed by atoms with van der Waals surface area (Å²) in [5.41, 5.74) is 3.00. The Morgan fingerprint density at radius 2 is 1.87 bits per heavy atom. The number of likely N-dealkylation sites (tertiary alicyclic amines) is 1. The first-order valence-corrected chi connectivity index (χ1v) is 11.1. The van der Waals surface area contributed by atoms with E-state index in [0.29, 0.717) is 19.6 Å². The van der Waals surface area contributed by atoms with Crippen molar-refractivity contribution in [3.8, 4) is 16.9 Å². The van der Waals surface area contributed by atoms with Gasteiger partial charge in [-0.2, -0.15) is 0 Å². The molecular weight excluding hydrogens is 404 g/mol. The number of fused-ring (bicyclic) bond motifs is 4. The van der Waals surface area contributed by atoms with E-state index in [1.807, 2.05) is 39.8 Å². The summed E-state index contributed by atoms with van der Waals surface area (Å²) in [6, 6.07) is 11.3. The molecule has 0 spiro atoms.